The third-order valence-corrected chi connectivity index (χ3v) is 4.84. The average molecular weight is 405 g/mol. The first-order valence-electron chi connectivity index (χ1n) is 9.87. The van der Waals surface area contributed by atoms with Gasteiger partial charge in [0.25, 0.3) is 5.91 Å². The minimum atomic E-state index is -0.876. The number of aryl methyl sites for hydroxylation is 2. The molecule has 0 aliphatic heterocycles. The van der Waals surface area contributed by atoms with Crippen LogP contribution in [0.15, 0.2) is 54.7 Å². The van der Waals surface area contributed by atoms with E-state index in [1.807, 2.05) is 62.4 Å². The van der Waals surface area contributed by atoms with Gasteiger partial charge in [0.2, 0.25) is 0 Å². The van der Waals surface area contributed by atoms with Crippen molar-refractivity contribution in [3.63, 3.8) is 0 Å². The van der Waals surface area contributed by atoms with Gasteiger partial charge < -0.3 is 9.64 Å². The molecule has 1 atom stereocenters. The van der Waals surface area contributed by atoms with Crippen LogP contribution in [0, 0.1) is 13.8 Å². The van der Waals surface area contributed by atoms with Gasteiger partial charge in [0.15, 0.2) is 6.10 Å². The molecule has 0 radical (unpaired) electrons. The fourth-order valence-electron chi connectivity index (χ4n) is 3.09. The van der Waals surface area contributed by atoms with Gasteiger partial charge in [-0.15, -0.1) is 0 Å². The van der Waals surface area contributed by atoms with Crippen LogP contribution in [0.4, 0.5) is 0 Å². The van der Waals surface area contributed by atoms with Crippen molar-refractivity contribution < 1.29 is 14.3 Å². The number of nitrogens with zero attached hydrogens (tertiary/aromatic N) is 3. The first-order chi connectivity index (χ1) is 14.2. The van der Waals surface area contributed by atoms with E-state index < -0.39 is 12.1 Å². The maximum absolute atomic E-state index is 12.9. The van der Waals surface area contributed by atoms with Crippen LogP contribution in [0.5, 0.6) is 0 Å². The van der Waals surface area contributed by atoms with Crippen molar-refractivity contribution in [1.29, 1.82) is 0 Å². The molecule has 6 heteroatoms. The molecule has 0 saturated heterocycles. The highest BCUT2D eigenvalue weighted by molar-refractivity contribution is 5.97. The van der Waals surface area contributed by atoms with Crippen molar-refractivity contribution in [2.45, 2.75) is 33.4 Å². The number of likely N-dealkylation sites (N-methyl/N-ethyl adjacent to an activating group) is 1. The molecular weight excluding hydrogens is 378 g/mol. The highest BCUT2D eigenvalue weighted by Gasteiger charge is 2.25. The van der Waals surface area contributed by atoms with Crippen LogP contribution in [0.2, 0.25) is 0 Å². The van der Waals surface area contributed by atoms with Gasteiger partial charge in [-0.2, -0.15) is 5.10 Å². The van der Waals surface area contributed by atoms with Gasteiger partial charge in [-0.3, -0.25) is 9.48 Å². The summed E-state index contributed by atoms with van der Waals surface area (Å²) in [6.07, 6.45) is 0.809. The zero-order chi connectivity index (χ0) is 21.8. The summed E-state index contributed by atoms with van der Waals surface area (Å²) in [5.41, 5.74) is 5.08. The molecule has 156 valence electrons. The predicted molar refractivity (Wildman–Crippen MR) is 116 cm³/mol. The molecule has 0 fully saturated rings. The largest absolute Gasteiger partial charge is 0.449 e. The molecule has 1 heterocycles. The topological polar surface area (TPSA) is 64.4 Å². The summed E-state index contributed by atoms with van der Waals surface area (Å²) in [6, 6.07) is 16.0. The Hall–Kier alpha value is -3.41. The lowest BCUT2D eigenvalue weighted by Gasteiger charge is -2.17. The third kappa shape index (κ3) is 4.95. The van der Waals surface area contributed by atoms with Crippen LogP contribution in [0.25, 0.3) is 11.3 Å². The Bertz CT molecular complexity index is 1030. The van der Waals surface area contributed by atoms with Crippen molar-refractivity contribution in [3.8, 4) is 11.3 Å². The Balaban J connectivity index is 1.93. The van der Waals surface area contributed by atoms with Gasteiger partial charge in [0, 0.05) is 25.9 Å². The number of hydrogen-bond acceptors (Lipinski definition) is 4. The van der Waals surface area contributed by atoms with Gasteiger partial charge in [-0.25, -0.2) is 4.79 Å². The molecule has 0 spiro atoms. The second kappa shape index (κ2) is 8.95. The summed E-state index contributed by atoms with van der Waals surface area (Å²) in [5.74, 6) is -0.837. The minimum absolute atomic E-state index is 0.271. The summed E-state index contributed by atoms with van der Waals surface area (Å²) >= 11 is 0. The summed E-state index contributed by atoms with van der Waals surface area (Å²) < 4.78 is 7.17. The first kappa shape index (κ1) is 21.3. The molecular formula is C24H27N3O3. The maximum Gasteiger partial charge on any atom is 0.342 e. The number of aromatic nitrogens is 2. The minimum Gasteiger partial charge on any atom is -0.449 e. The maximum atomic E-state index is 12.9. The van der Waals surface area contributed by atoms with Crippen molar-refractivity contribution in [3.05, 3.63) is 77.0 Å². The first-order valence-corrected chi connectivity index (χ1v) is 9.87. The Labute approximate surface area is 177 Å². The van der Waals surface area contributed by atoms with E-state index in [2.05, 4.69) is 5.10 Å². The fourth-order valence-corrected chi connectivity index (χ4v) is 3.09. The molecule has 3 rings (SSSR count). The number of carbonyl (C=O) groups excluding carboxylic acids is 2. The quantitative estimate of drug-likeness (QED) is 0.585. The van der Waals surface area contributed by atoms with Crippen molar-refractivity contribution in [2.75, 3.05) is 14.1 Å². The lowest BCUT2D eigenvalue weighted by molar-refractivity contribution is -0.137. The lowest BCUT2D eigenvalue weighted by atomic mass is 10.1. The van der Waals surface area contributed by atoms with Gasteiger partial charge in [-0.05, 0) is 26.3 Å². The molecule has 1 aromatic heterocycles. The average Bonchev–Trinajstić information content (AvgIpc) is 3.13. The number of esters is 1. The van der Waals surface area contributed by atoms with Gasteiger partial charge in [0.1, 0.15) is 11.3 Å². The normalized spacial score (nSPS) is 11.8. The van der Waals surface area contributed by atoms with Crippen LogP contribution < -0.4 is 0 Å². The van der Waals surface area contributed by atoms with E-state index in [1.165, 1.54) is 10.5 Å². The molecule has 0 unspecified atom stereocenters. The molecule has 6 nitrogen and oxygen atoms in total. The Morgan fingerprint density at radius 1 is 1.00 bits per heavy atom. The molecule has 0 saturated carbocycles. The van der Waals surface area contributed by atoms with E-state index in [1.54, 1.807) is 31.9 Å². The van der Waals surface area contributed by atoms with E-state index >= 15 is 0 Å². The van der Waals surface area contributed by atoms with Crippen molar-refractivity contribution in [1.82, 2.24) is 14.7 Å². The standard InChI is InChI=1S/C24H27N3O3/c1-16-6-10-19(11-7-16)14-27-15-21(24(29)30-18(3)23(28)26(4)5)22(25-27)20-12-8-17(2)9-13-20/h6-13,15,18H,14H2,1-5H3/t18-/m0/s1. The van der Waals surface area contributed by atoms with Crippen LogP contribution in [-0.2, 0) is 16.1 Å². The van der Waals surface area contributed by atoms with E-state index in [-0.39, 0.29) is 5.91 Å². The van der Waals surface area contributed by atoms with Crippen LogP contribution >= 0.6 is 0 Å². The number of hydrogen-bond donors (Lipinski definition) is 0. The van der Waals surface area contributed by atoms with Crippen LogP contribution in [-0.4, -0.2) is 46.8 Å². The number of carbonyl (C=O) groups is 2. The van der Waals surface area contributed by atoms with Crippen molar-refractivity contribution >= 4 is 11.9 Å². The Morgan fingerprint density at radius 2 is 1.57 bits per heavy atom. The number of amides is 1. The smallest absolute Gasteiger partial charge is 0.342 e. The predicted octanol–water partition coefficient (Wildman–Crippen LogP) is 3.85. The Morgan fingerprint density at radius 3 is 2.13 bits per heavy atom. The monoisotopic (exact) mass is 405 g/mol. The summed E-state index contributed by atoms with van der Waals surface area (Å²) in [7, 11) is 3.26. The number of rotatable bonds is 6. The van der Waals surface area contributed by atoms with Crippen LogP contribution in [0.3, 0.4) is 0 Å². The zero-order valence-electron chi connectivity index (χ0n) is 18.0. The molecule has 0 bridgehead atoms. The molecule has 30 heavy (non-hydrogen) atoms. The molecule has 2 aromatic carbocycles. The van der Waals surface area contributed by atoms with E-state index in [0.717, 1.165) is 16.7 Å². The second-order valence-corrected chi connectivity index (χ2v) is 7.72. The molecule has 0 aliphatic carbocycles. The third-order valence-electron chi connectivity index (χ3n) is 4.84. The van der Waals surface area contributed by atoms with Gasteiger partial charge >= 0.3 is 5.97 Å². The molecule has 0 aliphatic rings. The van der Waals surface area contributed by atoms with E-state index in [4.69, 9.17) is 4.74 Å². The van der Waals surface area contributed by atoms with Crippen molar-refractivity contribution in [2.24, 2.45) is 0 Å². The molecule has 1 amide bonds. The highest BCUT2D eigenvalue weighted by atomic mass is 16.5. The lowest BCUT2D eigenvalue weighted by Crippen LogP contribution is -2.34. The number of ether oxygens (including phenoxy) is 1. The van der Waals surface area contributed by atoms with Gasteiger partial charge in [0.05, 0.1) is 6.54 Å². The number of benzene rings is 2. The summed E-state index contributed by atoms with van der Waals surface area (Å²) in [5, 5.41) is 4.66. The SMILES string of the molecule is Cc1ccc(Cn2cc(C(=O)O[C@@H](C)C(=O)N(C)C)c(-c3ccc(C)cc3)n2)cc1. The van der Waals surface area contributed by atoms with E-state index in [0.29, 0.717) is 17.8 Å². The highest BCUT2D eigenvalue weighted by Crippen LogP contribution is 2.24. The second-order valence-electron chi connectivity index (χ2n) is 7.72. The summed E-state index contributed by atoms with van der Waals surface area (Å²) in [6.45, 7) is 6.14. The molecule has 3 aromatic rings. The zero-order valence-corrected chi connectivity index (χ0v) is 18.0. The summed E-state index contributed by atoms with van der Waals surface area (Å²) in [4.78, 5) is 26.4. The fraction of sp³-hybridized carbons (Fsp3) is 0.292. The van der Waals surface area contributed by atoms with E-state index in [9.17, 15) is 9.59 Å². The van der Waals surface area contributed by atoms with Gasteiger partial charge in [-0.1, -0.05) is 59.7 Å². The Kier molecular flexibility index (Phi) is 6.35. The van der Waals surface area contributed by atoms with Crippen LogP contribution in [0.1, 0.15) is 34.0 Å². The molecule has 0 N–H and O–H groups in total.